The van der Waals surface area contributed by atoms with Crippen LogP contribution >= 0.6 is 0 Å². The number of benzene rings is 1. The van der Waals surface area contributed by atoms with Gasteiger partial charge in [-0.05, 0) is 31.4 Å². The van der Waals surface area contributed by atoms with E-state index < -0.39 is 34.1 Å². The highest BCUT2D eigenvalue weighted by Gasteiger charge is 2.39. The summed E-state index contributed by atoms with van der Waals surface area (Å²) in [6, 6.07) is 3.03. The zero-order valence-corrected chi connectivity index (χ0v) is 15.7. The fourth-order valence-electron chi connectivity index (χ4n) is 3.85. The normalized spacial score (nSPS) is 21.9. The molecule has 1 saturated carbocycles. The summed E-state index contributed by atoms with van der Waals surface area (Å²) in [4.78, 5) is 26.5. The Kier molecular flexibility index (Phi) is 5.59. The van der Waals surface area contributed by atoms with Gasteiger partial charge in [-0.1, -0.05) is 12.8 Å². The number of rotatable bonds is 5. The number of sulfone groups is 1. The summed E-state index contributed by atoms with van der Waals surface area (Å²) < 4.78 is 28.7. The van der Waals surface area contributed by atoms with Gasteiger partial charge in [0.1, 0.15) is 17.1 Å². The second-order valence-electron chi connectivity index (χ2n) is 7.07. The van der Waals surface area contributed by atoms with E-state index in [0.717, 1.165) is 31.7 Å². The van der Waals surface area contributed by atoms with Crippen molar-refractivity contribution in [1.82, 2.24) is 4.90 Å². The van der Waals surface area contributed by atoms with E-state index in [1.807, 2.05) is 0 Å². The number of ether oxygens (including phenoxy) is 1. The number of phenols is 2. The Labute approximate surface area is 157 Å². The van der Waals surface area contributed by atoms with Crippen molar-refractivity contribution in [2.75, 3.05) is 18.1 Å². The number of hydrogen-bond acceptors (Lipinski definition) is 7. The van der Waals surface area contributed by atoms with Gasteiger partial charge in [0.2, 0.25) is 0 Å². The van der Waals surface area contributed by atoms with Crippen molar-refractivity contribution in [2.24, 2.45) is 0 Å². The van der Waals surface area contributed by atoms with Crippen LogP contribution in [0.4, 0.5) is 0 Å². The second-order valence-corrected chi connectivity index (χ2v) is 9.30. The third kappa shape index (κ3) is 4.52. The fraction of sp³-hybridized carbons (Fsp3) is 0.556. The van der Waals surface area contributed by atoms with Crippen molar-refractivity contribution in [3.63, 3.8) is 0 Å². The molecule has 2 N–H and O–H groups in total. The van der Waals surface area contributed by atoms with Crippen molar-refractivity contribution in [3.8, 4) is 11.5 Å². The number of amides is 1. The number of carbonyl (C=O) groups is 2. The maximum absolute atomic E-state index is 12.8. The number of hydrogen-bond donors (Lipinski definition) is 2. The average molecular weight is 397 g/mol. The smallest absolute Gasteiger partial charge is 0.342 e. The van der Waals surface area contributed by atoms with Crippen molar-refractivity contribution in [2.45, 2.75) is 44.2 Å². The minimum atomic E-state index is -3.15. The quantitative estimate of drug-likeness (QED) is 0.716. The lowest BCUT2D eigenvalue weighted by Crippen LogP contribution is -2.48. The molecule has 1 heterocycles. The van der Waals surface area contributed by atoms with Crippen LogP contribution in [0.1, 0.15) is 42.5 Å². The molecule has 0 bridgehead atoms. The van der Waals surface area contributed by atoms with E-state index in [4.69, 9.17) is 4.74 Å². The molecule has 1 saturated heterocycles. The van der Waals surface area contributed by atoms with Crippen molar-refractivity contribution in [1.29, 1.82) is 0 Å². The Bertz CT molecular complexity index is 830. The number of phenolic OH excluding ortho intramolecular Hbond substituents is 2. The molecule has 1 aliphatic heterocycles. The molecule has 148 valence electrons. The van der Waals surface area contributed by atoms with Gasteiger partial charge < -0.3 is 19.8 Å². The van der Waals surface area contributed by atoms with E-state index in [1.54, 1.807) is 4.90 Å². The van der Waals surface area contributed by atoms with Crippen LogP contribution in [0, 0.1) is 0 Å². The summed E-state index contributed by atoms with van der Waals surface area (Å²) >= 11 is 0. The number of nitrogens with zero attached hydrogens (tertiary/aromatic N) is 1. The van der Waals surface area contributed by atoms with E-state index in [2.05, 4.69) is 0 Å². The molecule has 2 aliphatic rings. The molecule has 0 radical (unpaired) electrons. The number of carbonyl (C=O) groups excluding carboxylic acids is 2. The summed E-state index contributed by atoms with van der Waals surface area (Å²) in [6.07, 6.45) is 3.99. The summed E-state index contributed by atoms with van der Waals surface area (Å²) in [5.41, 5.74) is -0.156. The molecular formula is C18H23NO7S. The van der Waals surface area contributed by atoms with Crippen LogP contribution < -0.4 is 0 Å². The third-order valence-corrected chi connectivity index (χ3v) is 6.89. The first-order valence-electron chi connectivity index (χ1n) is 8.97. The summed E-state index contributed by atoms with van der Waals surface area (Å²) in [7, 11) is -3.15. The number of esters is 1. The minimum absolute atomic E-state index is 0.0309. The molecule has 1 atom stereocenters. The predicted octanol–water partition coefficient (Wildman–Crippen LogP) is 1.21. The van der Waals surface area contributed by atoms with E-state index in [1.165, 1.54) is 12.1 Å². The van der Waals surface area contributed by atoms with Gasteiger partial charge in [-0.25, -0.2) is 13.2 Å². The summed E-state index contributed by atoms with van der Waals surface area (Å²) in [5, 5.41) is 19.0. The first kappa shape index (κ1) is 19.5. The Hall–Kier alpha value is -2.29. The highest BCUT2D eigenvalue weighted by atomic mass is 32.2. The topological polar surface area (TPSA) is 121 Å². The van der Waals surface area contributed by atoms with Crippen LogP contribution in [-0.4, -0.2) is 65.6 Å². The van der Waals surface area contributed by atoms with E-state index in [9.17, 15) is 28.2 Å². The first-order valence-corrected chi connectivity index (χ1v) is 10.8. The highest BCUT2D eigenvalue weighted by molar-refractivity contribution is 7.91. The average Bonchev–Trinajstić information content (AvgIpc) is 3.23. The maximum atomic E-state index is 12.8. The molecule has 1 aliphatic carbocycles. The molecule has 8 nitrogen and oxygen atoms in total. The Morgan fingerprint density at radius 3 is 2.41 bits per heavy atom. The Morgan fingerprint density at radius 2 is 1.81 bits per heavy atom. The van der Waals surface area contributed by atoms with E-state index >= 15 is 0 Å². The lowest BCUT2D eigenvalue weighted by atomic mass is 10.1. The maximum Gasteiger partial charge on any atom is 0.342 e. The predicted molar refractivity (Wildman–Crippen MR) is 96.2 cm³/mol. The van der Waals surface area contributed by atoms with Gasteiger partial charge in [-0.3, -0.25) is 4.79 Å². The zero-order chi connectivity index (χ0) is 19.6. The molecule has 1 amide bonds. The van der Waals surface area contributed by atoms with Crippen LogP contribution in [0.5, 0.6) is 11.5 Å². The lowest BCUT2D eigenvalue weighted by molar-refractivity contribution is -0.139. The van der Waals surface area contributed by atoms with Gasteiger partial charge in [0.15, 0.2) is 16.4 Å². The molecule has 3 rings (SSSR count). The molecule has 0 aromatic heterocycles. The van der Waals surface area contributed by atoms with Gasteiger partial charge in [0, 0.05) is 18.2 Å². The van der Waals surface area contributed by atoms with Gasteiger partial charge >= 0.3 is 5.97 Å². The Balaban J connectivity index is 1.68. The van der Waals surface area contributed by atoms with Crippen molar-refractivity contribution >= 4 is 21.7 Å². The monoisotopic (exact) mass is 397 g/mol. The van der Waals surface area contributed by atoms with Gasteiger partial charge in [0.05, 0.1) is 11.5 Å². The number of aromatic hydroxyl groups is 2. The van der Waals surface area contributed by atoms with Gasteiger partial charge in [-0.15, -0.1) is 0 Å². The van der Waals surface area contributed by atoms with Crippen LogP contribution in [-0.2, 0) is 19.4 Å². The zero-order valence-electron chi connectivity index (χ0n) is 14.8. The Morgan fingerprint density at radius 1 is 1.11 bits per heavy atom. The largest absolute Gasteiger partial charge is 0.508 e. The molecule has 1 aromatic rings. The van der Waals surface area contributed by atoms with Crippen LogP contribution in [0.3, 0.4) is 0 Å². The molecule has 2 fully saturated rings. The first-order chi connectivity index (χ1) is 12.8. The van der Waals surface area contributed by atoms with Crippen molar-refractivity contribution < 1.29 is 33.0 Å². The highest BCUT2D eigenvalue weighted by Crippen LogP contribution is 2.29. The van der Waals surface area contributed by atoms with Crippen molar-refractivity contribution in [3.05, 3.63) is 23.8 Å². The van der Waals surface area contributed by atoms with Crippen LogP contribution in [0.25, 0.3) is 0 Å². The standard InChI is InChI=1S/C18H23NO7S/c20-14-5-6-15(16(21)9-14)18(23)26-10-17(22)19(12-3-1-2-4-12)13-7-8-27(24,25)11-13/h5-6,9,12-13,20-21H,1-4,7-8,10-11H2. The lowest BCUT2D eigenvalue weighted by Gasteiger charge is -2.33. The van der Waals surface area contributed by atoms with Crippen LogP contribution in [0.2, 0.25) is 0 Å². The molecular weight excluding hydrogens is 374 g/mol. The second kappa shape index (κ2) is 7.75. The summed E-state index contributed by atoms with van der Waals surface area (Å²) in [5.74, 6) is -1.93. The molecule has 1 aromatic carbocycles. The molecule has 27 heavy (non-hydrogen) atoms. The van der Waals surface area contributed by atoms with Gasteiger partial charge in [-0.2, -0.15) is 0 Å². The van der Waals surface area contributed by atoms with E-state index in [0.29, 0.717) is 6.42 Å². The van der Waals surface area contributed by atoms with Gasteiger partial charge in [0.25, 0.3) is 5.91 Å². The van der Waals surface area contributed by atoms with Crippen LogP contribution in [0.15, 0.2) is 18.2 Å². The summed E-state index contributed by atoms with van der Waals surface area (Å²) in [6.45, 7) is -0.522. The fourth-order valence-corrected chi connectivity index (χ4v) is 5.57. The third-order valence-electron chi connectivity index (χ3n) is 5.14. The minimum Gasteiger partial charge on any atom is -0.508 e. The molecule has 0 spiro atoms. The van der Waals surface area contributed by atoms with E-state index in [-0.39, 0.29) is 34.9 Å². The SMILES string of the molecule is O=C(OCC(=O)N(C1CCCC1)C1CCS(=O)(=O)C1)c1ccc(O)cc1O. The molecule has 9 heteroatoms. The molecule has 1 unspecified atom stereocenters.